The van der Waals surface area contributed by atoms with Crippen molar-refractivity contribution in [3.05, 3.63) is 0 Å². The van der Waals surface area contributed by atoms with E-state index >= 15 is 0 Å². The zero-order chi connectivity index (χ0) is 8.53. The van der Waals surface area contributed by atoms with Gasteiger partial charge in [-0.05, 0) is 6.42 Å². The van der Waals surface area contributed by atoms with Gasteiger partial charge in [-0.3, -0.25) is 4.79 Å². The van der Waals surface area contributed by atoms with Gasteiger partial charge in [0.1, 0.15) is 6.29 Å². The summed E-state index contributed by atoms with van der Waals surface area (Å²) in [5, 5.41) is 10.8. The fraction of sp³-hybridized carbons (Fsp3) is 0.714. The molecule has 0 aliphatic heterocycles. The molecule has 4 heteroatoms. The molecule has 0 aromatic rings. The fourth-order valence-corrected chi connectivity index (χ4v) is 0.630. The summed E-state index contributed by atoms with van der Waals surface area (Å²) < 4.78 is 0. The maximum absolute atomic E-state index is 10.7. The normalized spacial score (nSPS) is 9.18. The molecule has 0 saturated carbocycles. The first-order chi connectivity index (χ1) is 5.31. The van der Waals surface area contributed by atoms with E-state index in [1.807, 2.05) is 0 Å². The lowest BCUT2D eigenvalue weighted by Gasteiger charge is -2.00. The van der Waals surface area contributed by atoms with Crippen LogP contribution in [-0.2, 0) is 9.59 Å². The van der Waals surface area contributed by atoms with Crippen molar-refractivity contribution in [1.29, 1.82) is 0 Å². The Morgan fingerprint density at radius 1 is 1.55 bits per heavy atom. The Bertz CT molecular complexity index is 125. The number of amides is 1. The van der Waals surface area contributed by atoms with E-state index in [4.69, 9.17) is 5.11 Å². The number of aliphatic hydroxyl groups excluding tert-OH is 1. The SMILES string of the molecule is O=CCCCC(=O)NCCO. The fourth-order valence-electron chi connectivity index (χ4n) is 0.630. The van der Waals surface area contributed by atoms with Crippen LogP contribution in [0.15, 0.2) is 0 Å². The maximum atomic E-state index is 10.7. The molecule has 0 aromatic carbocycles. The van der Waals surface area contributed by atoms with Gasteiger partial charge in [0.2, 0.25) is 5.91 Å². The van der Waals surface area contributed by atoms with E-state index in [1.54, 1.807) is 0 Å². The lowest BCUT2D eigenvalue weighted by Crippen LogP contribution is -2.25. The van der Waals surface area contributed by atoms with Crippen LogP contribution < -0.4 is 5.32 Å². The predicted octanol–water partition coefficient (Wildman–Crippen LogP) is -0.536. The van der Waals surface area contributed by atoms with Crippen LogP contribution in [0.3, 0.4) is 0 Å². The summed E-state index contributed by atoms with van der Waals surface area (Å²) in [6.07, 6.45) is 2.16. The van der Waals surface area contributed by atoms with Crippen molar-refractivity contribution in [1.82, 2.24) is 5.32 Å². The van der Waals surface area contributed by atoms with Gasteiger partial charge in [-0.15, -0.1) is 0 Å². The molecule has 4 nitrogen and oxygen atoms in total. The average molecular weight is 159 g/mol. The van der Waals surface area contributed by atoms with Crippen molar-refractivity contribution in [2.75, 3.05) is 13.2 Å². The van der Waals surface area contributed by atoms with Crippen LogP contribution >= 0.6 is 0 Å². The Balaban J connectivity index is 3.15. The summed E-state index contributed by atoms with van der Waals surface area (Å²) in [4.78, 5) is 20.6. The third-order valence-corrected chi connectivity index (χ3v) is 1.16. The zero-order valence-corrected chi connectivity index (χ0v) is 6.38. The molecule has 0 aromatic heterocycles. The summed E-state index contributed by atoms with van der Waals surface area (Å²) >= 11 is 0. The number of rotatable bonds is 6. The molecule has 0 spiro atoms. The first-order valence-corrected chi connectivity index (χ1v) is 3.62. The topological polar surface area (TPSA) is 66.4 Å². The highest BCUT2D eigenvalue weighted by Gasteiger charge is 1.97. The molecule has 0 radical (unpaired) electrons. The molecule has 0 rings (SSSR count). The number of aliphatic hydroxyl groups is 1. The number of unbranched alkanes of at least 4 members (excludes halogenated alkanes) is 1. The lowest BCUT2D eigenvalue weighted by molar-refractivity contribution is -0.121. The first kappa shape index (κ1) is 10.1. The molecule has 0 heterocycles. The summed E-state index contributed by atoms with van der Waals surface area (Å²) in [5.41, 5.74) is 0. The molecule has 64 valence electrons. The molecule has 0 aliphatic carbocycles. The minimum absolute atomic E-state index is 0.0422. The number of carbonyl (C=O) groups excluding carboxylic acids is 2. The lowest BCUT2D eigenvalue weighted by atomic mass is 10.2. The Morgan fingerprint density at radius 2 is 2.27 bits per heavy atom. The minimum Gasteiger partial charge on any atom is -0.395 e. The largest absolute Gasteiger partial charge is 0.395 e. The Kier molecular flexibility index (Phi) is 6.62. The van der Waals surface area contributed by atoms with Gasteiger partial charge in [-0.2, -0.15) is 0 Å². The smallest absolute Gasteiger partial charge is 0.220 e. The summed E-state index contributed by atoms with van der Waals surface area (Å²) in [7, 11) is 0. The molecule has 0 aliphatic rings. The molecule has 0 fully saturated rings. The Morgan fingerprint density at radius 3 is 2.82 bits per heavy atom. The Hall–Kier alpha value is -0.900. The average Bonchev–Trinajstić information content (AvgIpc) is 2.01. The van der Waals surface area contributed by atoms with Crippen molar-refractivity contribution >= 4 is 12.2 Å². The first-order valence-electron chi connectivity index (χ1n) is 3.62. The van der Waals surface area contributed by atoms with Crippen LogP contribution in [0, 0.1) is 0 Å². The van der Waals surface area contributed by atoms with Gasteiger partial charge in [0.25, 0.3) is 0 Å². The second kappa shape index (κ2) is 7.21. The van der Waals surface area contributed by atoms with Gasteiger partial charge < -0.3 is 15.2 Å². The molecular weight excluding hydrogens is 146 g/mol. The summed E-state index contributed by atoms with van der Waals surface area (Å²) in [6.45, 7) is 0.249. The molecule has 0 atom stereocenters. The van der Waals surface area contributed by atoms with Crippen molar-refractivity contribution in [2.24, 2.45) is 0 Å². The highest BCUT2D eigenvalue weighted by atomic mass is 16.3. The van der Waals surface area contributed by atoms with Crippen molar-refractivity contribution < 1.29 is 14.7 Å². The molecule has 0 saturated heterocycles. The number of aldehydes is 1. The highest BCUT2D eigenvalue weighted by Crippen LogP contribution is 1.91. The quantitative estimate of drug-likeness (QED) is 0.404. The van der Waals surface area contributed by atoms with Crippen molar-refractivity contribution in [3.8, 4) is 0 Å². The van der Waals surface area contributed by atoms with Gasteiger partial charge in [-0.25, -0.2) is 0 Å². The molecule has 0 unspecified atom stereocenters. The second-order valence-electron chi connectivity index (χ2n) is 2.13. The van der Waals surface area contributed by atoms with Crippen LogP contribution in [0.5, 0.6) is 0 Å². The standard InChI is InChI=1S/C7H13NO3/c9-5-2-1-3-7(11)8-4-6-10/h5,10H,1-4,6H2,(H,8,11). The van der Waals surface area contributed by atoms with Crippen LogP contribution in [0.2, 0.25) is 0 Å². The van der Waals surface area contributed by atoms with Gasteiger partial charge in [0.15, 0.2) is 0 Å². The van der Waals surface area contributed by atoms with E-state index in [0.29, 0.717) is 25.8 Å². The summed E-state index contributed by atoms with van der Waals surface area (Å²) in [6, 6.07) is 0. The van der Waals surface area contributed by atoms with Crippen LogP contribution in [-0.4, -0.2) is 30.5 Å². The van der Waals surface area contributed by atoms with Crippen LogP contribution in [0.25, 0.3) is 0 Å². The van der Waals surface area contributed by atoms with E-state index in [9.17, 15) is 9.59 Å². The van der Waals surface area contributed by atoms with Gasteiger partial charge >= 0.3 is 0 Å². The van der Waals surface area contributed by atoms with E-state index < -0.39 is 0 Å². The van der Waals surface area contributed by atoms with E-state index in [1.165, 1.54) is 0 Å². The van der Waals surface area contributed by atoms with Gasteiger partial charge in [0.05, 0.1) is 6.61 Å². The number of carbonyl (C=O) groups is 2. The minimum atomic E-state index is -0.110. The molecular formula is C7H13NO3. The molecule has 0 bridgehead atoms. The van der Waals surface area contributed by atoms with E-state index in [2.05, 4.69) is 5.32 Å². The molecule has 2 N–H and O–H groups in total. The van der Waals surface area contributed by atoms with Gasteiger partial charge in [0, 0.05) is 19.4 Å². The molecule has 11 heavy (non-hydrogen) atoms. The van der Waals surface area contributed by atoms with Gasteiger partial charge in [-0.1, -0.05) is 0 Å². The predicted molar refractivity (Wildman–Crippen MR) is 40.0 cm³/mol. The number of nitrogens with one attached hydrogen (secondary N) is 1. The highest BCUT2D eigenvalue weighted by molar-refractivity contribution is 5.76. The zero-order valence-electron chi connectivity index (χ0n) is 6.38. The maximum Gasteiger partial charge on any atom is 0.220 e. The van der Waals surface area contributed by atoms with Crippen LogP contribution in [0.4, 0.5) is 0 Å². The number of hydrogen-bond acceptors (Lipinski definition) is 3. The molecule has 1 amide bonds. The van der Waals surface area contributed by atoms with Crippen LogP contribution in [0.1, 0.15) is 19.3 Å². The van der Waals surface area contributed by atoms with Crippen molar-refractivity contribution in [3.63, 3.8) is 0 Å². The number of hydrogen-bond donors (Lipinski definition) is 2. The van der Waals surface area contributed by atoms with E-state index in [-0.39, 0.29) is 12.5 Å². The summed E-state index contributed by atoms with van der Waals surface area (Å²) in [5.74, 6) is -0.110. The Labute approximate surface area is 65.6 Å². The third-order valence-electron chi connectivity index (χ3n) is 1.16. The van der Waals surface area contributed by atoms with E-state index in [0.717, 1.165) is 6.29 Å². The monoisotopic (exact) mass is 159 g/mol. The third kappa shape index (κ3) is 6.99. The van der Waals surface area contributed by atoms with Crippen molar-refractivity contribution in [2.45, 2.75) is 19.3 Å². The second-order valence-corrected chi connectivity index (χ2v) is 2.13.